The number of rotatable bonds is 7. The van der Waals surface area contributed by atoms with Crippen molar-refractivity contribution in [3.63, 3.8) is 0 Å². The molecule has 156 valence electrons. The topological polar surface area (TPSA) is 103 Å². The van der Waals surface area contributed by atoms with Crippen LogP contribution in [0.1, 0.15) is 54.2 Å². The second-order valence-electron chi connectivity index (χ2n) is 7.20. The largest absolute Gasteiger partial charge is 0.366 e. The molecule has 2 heterocycles. The normalized spacial score (nSPS) is 14.5. The molecule has 3 aromatic rings. The number of thioether (sulfide) groups is 1. The highest BCUT2D eigenvalue weighted by molar-refractivity contribution is 7.99. The summed E-state index contributed by atoms with van der Waals surface area (Å²) >= 11 is 2.56. The Morgan fingerprint density at radius 2 is 1.93 bits per heavy atom. The Morgan fingerprint density at radius 3 is 2.67 bits per heavy atom. The van der Waals surface area contributed by atoms with Crippen LogP contribution in [0.4, 0.5) is 5.00 Å². The molecule has 9 heteroatoms. The molecule has 0 aliphatic heterocycles. The molecule has 3 N–H and O–H groups in total. The molecule has 0 radical (unpaired) electrons. The fourth-order valence-corrected chi connectivity index (χ4v) is 5.08. The summed E-state index contributed by atoms with van der Waals surface area (Å²) in [5.74, 6) is 0.732. The maximum Gasteiger partial charge on any atom is 0.251 e. The number of thiophene rings is 1. The number of aromatic nitrogens is 3. The smallest absolute Gasteiger partial charge is 0.251 e. The van der Waals surface area contributed by atoms with Gasteiger partial charge < -0.3 is 11.1 Å². The van der Waals surface area contributed by atoms with Crippen molar-refractivity contribution >= 4 is 39.9 Å². The van der Waals surface area contributed by atoms with Crippen LogP contribution in [-0.2, 0) is 4.79 Å². The average molecular weight is 442 g/mol. The Morgan fingerprint density at radius 1 is 1.17 bits per heavy atom. The summed E-state index contributed by atoms with van der Waals surface area (Å²) < 4.78 is 1.92. The molecule has 4 rings (SSSR count). The molecule has 0 saturated heterocycles. The zero-order chi connectivity index (χ0) is 20.9. The minimum Gasteiger partial charge on any atom is -0.366 e. The summed E-state index contributed by atoms with van der Waals surface area (Å²) in [6, 6.07) is 11.6. The van der Waals surface area contributed by atoms with E-state index in [1.165, 1.54) is 42.4 Å². The molecule has 2 amide bonds. The first-order valence-corrected chi connectivity index (χ1v) is 11.8. The Labute approximate surface area is 183 Å². The molecule has 1 aromatic carbocycles. The van der Waals surface area contributed by atoms with Gasteiger partial charge >= 0.3 is 0 Å². The van der Waals surface area contributed by atoms with Gasteiger partial charge in [-0.15, -0.1) is 16.4 Å². The number of hydrogen-bond donors (Lipinski definition) is 2. The van der Waals surface area contributed by atoms with Crippen LogP contribution >= 0.6 is 23.1 Å². The zero-order valence-corrected chi connectivity index (χ0v) is 18.0. The number of hydrogen-bond acceptors (Lipinski definition) is 6. The van der Waals surface area contributed by atoms with E-state index in [9.17, 15) is 9.59 Å². The monoisotopic (exact) mass is 441 g/mol. The lowest BCUT2D eigenvalue weighted by Crippen LogP contribution is -2.17. The predicted octanol–water partition coefficient (Wildman–Crippen LogP) is 4.21. The van der Waals surface area contributed by atoms with E-state index in [1.807, 2.05) is 35.0 Å². The van der Waals surface area contributed by atoms with Gasteiger partial charge in [0.2, 0.25) is 11.1 Å². The fourth-order valence-electron chi connectivity index (χ4n) is 3.64. The SMILES string of the molecule is NC(=O)c1ccsc1NC(=O)CSc1nc(C2CCCCC2)n(-c2ccccc2)n1. The van der Waals surface area contributed by atoms with Crippen LogP contribution in [0.2, 0.25) is 0 Å². The van der Waals surface area contributed by atoms with E-state index in [0.717, 1.165) is 24.4 Å². The second-order valence-corrected chi connectivity index (χ2v) is 9.06. The van der Waals surface area contributed by atoms with Gasteiger partial charge in [0.15, 0.2) is 0 Å². The standard InChI is InChI=1S/C21H23N5O2S2/c22-18(28)16-11-12-29-20(16)23-17(27)13-30-21-24-19(14-7-3-1-4-8-14)26(25-21)15-9-5-2-6-10-15/h2,5-6,9-12,14H,1,3-4,7-8,13H2,(H2,22,28)(H,23,27). The lowest BCUT2D eigenvalue weighted by molar-refractivity contribution is -0.113. The van der Waals surface area contributed by atoms with Crippen LogP contribution in [0.3, 0.4) is 0 Å². The third-order valence-corrected chi connectivity index (χ3v) is 6.77. The lowest BCUT2D eigenvalue weighted by Gasteiger charge is -2.21. The summed E-state index contributed by atoms with van der Waals surface area (Å²) in [5, 5.41) is 10.2. The van der Waals surface area contributed by atoms with Crippen molar-refractivity contribution < 1.29 is 9.59 Å². The van der Waals surface area contributed by atoms with E-state index in [4.69, 9.17) is 10.7 Å². The predicted molar refractivity (Wildman–Crippen MR) is 119 cm³/mol. The highest BCUT2D eigenvalue weighted by atomic mass is 32.2. The molecular weight excluding hydrogens is 418 g/mol. The third kappa shape index (κ3) is 4.73. The summed E-state index contributed by atoms with van der Waals surface area (Å²) in [4.78, 5) is 28.6. The van der Waals surface area contributed by atoms with E-state index in [-0.39, 0.29) is 11.7 Å². The van der Waals surface area contributed by atoms with Gasteiger partial charge in [-0.25, -0.2) is 9.67 Å². The van der Waals surface area contributed by atoms with Crippen molar-refractivity contribution in [3.05, 3.63) is 53.2 Å². The van der Waals surface area contributed by atoms with Crippen LogP contribution < -0.4 is 11.1 Å². The van der Waals surface area contributed by atoms with Gasteiger partial charge in [0, 0.05) is 5.92 Å². The summed E-state index contributed by atoms with van der Waals surface area (Å²) in [7, 11) is 0. The second kappa shape index (κ2) is 9.44. The lowest BCUT2D eigenvalue weighted by atomic mass is 9.88. The van der Waals surface area contributed by atoms with Crippen LogP contribution in [0, 0.1) is 0 Å². The molecule has 30 heavy (non-hydrogen) atoms. The van der Waals surface area contributed by atoms with Gasteiger partial charge in [-0.1, -0.05) is 49.2 Å². The number of carbonyl (C=O) groups is 2. The first-order chi connectivity index (χ1) is 14.6. The van der Waals surface area contributed by atoms with Crippen molar-refractivity contribution in [2.75, 3.05) is 11.1 Å². The molecule has 1 aliphatic rings. The third-order valence-electron chi connectivity index (χ3n) is 5.10. The van der Waals surface area contributed by atoms with Crippen molar-refractivity contribution in [3.8, 4) is 5.69 Å². The van der Waals surface area contributed by atoms with Crippen LogP contribution in [-0.4, -0.2) is 32.3 Å². The van der Waals surface area contributed by atoms with Crippen LogP contribution in [0.15, 0.2) is 46.9 Å². The quantitative estimate of drug-likeness (QED) is 0.535. The van der Waals surface area contributed by atoms with E-state index >= 15 is 0 Å². The number of amides is 2. The number of nitrogens with zero attached hydrogens (tertiary/aromatic N) is 3. The number of anilines is 1. The van der Waals surface area contributed by atoms with Gasteiger partial charge in [-0.05, 0) is 36.4 Å². The average Bonchev–Trinajstić information content (AvgIpc) is 3.41. The van der Waals surface area contributed by atoms with E-state index in [0.29, 0.717) is 21.6 Å². The molecule has 0 atom stereocenters. The number of nitrogens with two attached hydrogens (primary N) is 1. The van der Waals surface area contributed by atoms with Crippen molar-refractivity contribution in [1.29, 1.82) is 0 Å². The Bertz CT molecular complexity index is 1030. The number of para-hydroxylation sites is 1. The number of benzene rings is 1. The van der Waals surface area contributed by atoms with Crippen LogP contribution in [0.5, 0.6) is 0 Å². The molecule has 0 unspecified atom stereocenters. The van der Waals surface area contributed by atoms with Crippen molar-refractivity contribution in [2.45, 2.75) is 43.2 Å². The first-order valence-electron chi connectivity index (χ1n) is 9.94. The maximum absolute atomic E-state index is 12.4. The zero-order valence-electron chi connectivity index (χ0n) is 16.4. The number of carbonyl (C=O) groups excluding carboxylic acids is 2. The Balaban J connectivity index is 1.48. The van der Waals surface area contributed by atoms with E-state index < -0.39 is 5.91 Å². The molecule has 1 saturated carbocycles. The Hall–Kier alpha value is -2.65. The molecule has 2 aromatic heterocycles. The van der Waals surface area contributed by atoms with Crippen LogP contribution in [0.25, 0.3) is 5.69 Å². The minimum atomic E-state index is -0.556. The summed E-state index contributed by atoms with van der Waals surface area (Å²) in [5.41, 5.74) is 6.64. The highest BCUT2D eigenvalue weighted by Crippen LogP contribution is 2.33. The number of nitrogens with one attached hydrogen (secondary N) is 1. The fraction of sp³-hybridized carbons (Fsp3) is 0.333. The molecule has 1 fully saturated rings. The van der Waals surface area contributed by atoms with Gasteiger partial charge in [-0.2, -0.15) is 0 Å². The van der Waals surface area contributed by atoms with Gasteiger partial charge in [0.25, 0.3) is 5.91 Å². The molecule has 1 aliphatic carbocycles. The number of primary amides is 1. The van der Waals surface area contributed by atoms with E-state index in [2.05, 4.69) is 10.4 Å². The van der Waals surface area contributed by atoms with Gasteiger partial charge in [0.1, 0.15) is 10.8 Å². The van der Waals surface area contributed by atoms with Gasteiger partial charge in [0.05, 0.1) is 17.0 Å². The van der Waals surface area contributed by atoms with E-state index in [1.54, 1.807) is 11.4 Å². The molecule has 0 spiro atoms. The molecular formula is C21H23N5O2S2. The first kappa shape index (κ1) is 20.6. The Kier molecular flexibility index (Phi) is 6.49. The summed E-state index contributed by atoms with van der Waals surface area (Å²) in [6.07, 6.45) is 5.92. The summed E-state index contributed by atoms with van der Waals surface area (Å²) in [6.45, 7) is 0. The molecule has 7 nitrogen and oxygen atoms in total. The highest BCUT2D eigenvalue weighted by Gasteiger charge is 2.24. The molecule has 0 bridgehead atoms. The van der Waals surface area contributed by atoms with Crippen molar-refractivity contribution in [1.82, 2.24) is 14.8 Å². The maximum atomic E-state index is 12.4. The van der Waals surface area contributed by atoms with Crippen molar-refractivity contribution in [2.24, 2.45) is 5.73 Å². The minimum absolute atomic E-state index is 0.152. The van der Waals surface area contributed by atoms with Gasteiger partial charge in [-0.3, -0.25) is 9.59 Å².